The van der Waals surface area contributed by atoms with E-state index in [0.717, 1.165) is 17.3 Å². The van der Waals surface area contributed by atoms with Gasteiger partial charge >= 0.3 is 0 Å². The average Bonchev–Trinajstić information content (AvgIpc) is 2.85. The second-order valence-corrected chi connectivity index (χ2v) is 5.80. The first kappa shape index (κ1) is 15.0. The summed E-state index contributed by atoms with van der Waals surface area (Å²) in [7, 11) is 3.70. The molecule has 20 heavy (non-hydrogen) atoms. The van der Waals surface area contributed by atoms with Crippen LogP contribution in [0.4, 0.5) is 0 Å². The summed E-state index contributed by atoms with van der Waals surface area (Å²) in [4.78, 5) is 1.19. The van der Waals surface area contributed by atoms with Gasteiger partial charge in [-0.1, -0.05) is 17.7 Å². The molecule has 1 aromatic heterocycles. The van der Waals surface area contributed by atoms with Crippen molar-refractivity contribution >= 4 is 11.8 Å². The summed E-state index contributed by atoms with van der Waals surface area (Å²) >= 11 is 1.79. The Bertz CT molecular complexity index is 565. The van der Waals surface area contributed by atoms with Crippen LogP contribution in [0.25, 0.3) is 0 Å². The number of aryl methyl sites for hydroxylation is 2. The average molecular weight is 291 g/mol. The molecule has 0 aliphatic rings. The fourth-order valence-electron chi connectivity index (χ4n) is 2.15. The van der Waals surface area contributed by atoms with E-state index in [1.807, 2.05) is 26.1 Å². The number of thioether (sulfide) groups is 1. The van der Waals surface area contributed by atoms with Crippen LogP contribution in [0.5, 0.6) is 5.75 Å². The summed E-state index contributed by atoms with van der Waals surface area (Å²) in [6, 6.07) is 8.54. The maximum atomic E-state index is 5.48. The van der Waals surface area contributed by atoms with E-state index >= 15 is 0 Å². The first-order valence-corrected chi connectivity index (χ1v) is 7.63. The first-order valence-electron chi connectivity index (χ1n) is 6.64. The molecule has 0 saturated carbocycles. The van der Waals surface area contributed by atoms with Crippen LogP contribution in [0, 0.1) is 13.8 Å². The molecule has 0 radical (unpaired) electrons. The van der Waals surface area contributed by atoms with Gasteiger partial charge in [0.2, 0.25) is 0 Å². The Morgan fingerprint density at radius 3 is 2.70 bits per heavy atom. The summed E-state index contributed by atoms with van der Waals surface area (Å²) in [5, 5.41) is 3.37. The van der Waals surface area contributed by atoms with Crippen molar-refractivity contribution in [1.29, 1.82) is 0 Å². The van der Waals surface area contributed by atoms with Gasteiger partial charge in [0.15, 0.2) is 0 Å². The lowest BCUT2D eigenvalue weighted by atomic mass is 10.0. The number of hydrogen-bond acceptors (Lipinski definition) is 4. The Hall–Kier alpha value is -1.39. The molecule has 1 N–H and O–H groups in total. The number of rotatable bonds is 6. The molecule has 0 aliphatic carbocycles. The number of methoxy groups -OCH3 is 1. The van der Waals surface area contributed by atoms with Gasteiger partial charge in [0.05, 0.1) is 13.4 Å². The monoisotopic (exact) mass is 291 g/mol. The number of furan rings is 1. The Labute approximate surface area is 124 Å². The lowest BCUT2D eigenvalue weighted by molar-refractivity contribution is 0.404. The van der Waals surface area contributed by atoms with Gasteiger partial charge in [-0.05, 0) is 33.0 Å². The summed E-state index contributed by atoms with van der Waals surface area (Å²) in [6.45, 7) is 4.09. The van der Waals surface area contributed by atoms with Crippen molar-refractivity contribution in [3.05, 3.63) is 47.4 Å². The van der Waals surface area contributed by atoms with Crippen LogP contribution in [0.1, 0.15) is 22.9 Å². The standard InChI is InChI=1S/C16H21NO2S/c1-11-5-6-15(18-4)13(9-11)14(17-3)10-20-16-7-8-19-12(16)2/h5-9,14,17H,10H2,1-4H3. The van der Waals surface area contributed by atoms with Crippen molar-refractivity contribution in [1.82, 2.24) is 5.32 Å². The molecule has 0 amide bonds. The highest BCUT2D eigenvalue weighted by Crippen LogP contribution is 2.32. The molecule has 1 atom stereocenters. The second kappa shape index (κ2) is 6.86. The zero-order chi connectivity index (χ0) is 14.5. The van der Waals surface area contributed by atoms with E-state index in [0.29, 0.717) is 0 Å². The maximum Gasteiger partial charge on any atom is 0.123 e. The van der Waals surface area contributed by atoms with Crippen LogP contribution in [-0.4, -0.2) is 19.9 Å². The second-order valence-electron chi connectivity index (χ2n) is 4.74. The third-order valence-corrected chi connectivity index (χ3v) is 4.56. The topological polar surface area (TPSA) is 34.4 Å². The molecule has 0 bridgehead atoms. The van der Waals surface area contributed by atoms with E-state index in [1.54, 1.807) is 25.1 Å². The van der Waals surface area contributed by atoms with Crippen molar-refractivity contribution in [3.63, 3.8) is 0 Å². The molecule has 1 unspecified atom stereocenters. The molecule has 2 rings (SSSR count). The van der Waals surface area contributed by atoms with Crippen LogP contribution in [0.2, 0.25) is 0 Å². The number of nitrogens with one attached hydrogen (secondary N) is 1. The van der Waals surface area contributed by atoms with Crippen molar-refractivity contribution in [2.75, 3.05) is 19.9 Å². The largest absolute Gasteiger partial charge is 0.496 e. The minimum absolute atomic E-state index is 0.240. The van der Waals surface area contributed by atoms with E-state index in [9.17, 15) is 0 Å². The molecule has 0 saturated heterocycles. The van der Waals surface area contributed by atoms with Crippen LogP contribution in [0.3, 0.4) is 0 Å². The van der Waals surface area contributed by atoms with Crippen LogP contribution in [0.15, 0.2) is 39.8 Å². The molecule has 108 valence electrons. The minimum Gasteiger partial charge on any atom is -0.496 e. The van der Waals surface area contributed by atoms with Crippen molar-refractivity contribution in [2.24, 2.45) is 0 Å². The minimum atomic E-state index is 0.240. The summed E-state index contributed by atoms with van der Waals surface area (Å²) in [5.74, 6) is 2.83. The van der Waals surface area contributed by atoms with Gasteiger partial charge in [0.1, 0.15) is 11.5 Å². The van der Waals surface area contributed by atoms with Gasteiger partial charge in [-0.2, -0.15) is 0 Å². The normalized spacial score (nSPS) is 12.4. The van der Waals surface area contributed by atoms with Crippen molar-refractivity contribution < 1.29 is 9.15 Å². The molecule has 1 aromatic carbocycles. The van der Waals surface area contributed by atoms with Crippen LogP contribution < -0.4 is 10.1 Å². The van der Waals surface area contributed by atoms with Gasteiger partial charge in [-0.3, -0.25) is 0 Å². The smallest absolute Gasteiger partial charge is 0.123 e. The van der Waals surface area contributed by atoms with E-state index in [1.165, 1.54) is 16.0 Å². The summed E-state index contributed by atoms with van der Waals surface area (Å²) in [6.07, 6.45) is 1.74. The third kappa shape index (κ3) is 3.38. The third-order valence-electron chi connectivity index (χ3n) is 3.33. The molecule has 3 nitrogen and oxygen atoms in total. The Morgan fingerprint density at radius 2 is 2.10 bits per heavy atom. The van der Waals surface area contributed by atoms with Gasteiger partial charge in [-0.25, -0.2) is 0 Å². The number of benzene rings is 1. The van der Waals surface area contributed by atoms with E-state index in [2.05, 4.69) is 24.4 Å². The number of hydrogen-bond donors (Lipinski definition) is 1. The highest BCUT2D eigenvalue weighted by atomic mass is 32.2. The SMILES string of the molecule is CNC(CSc1ccoc1C)c1cc(C)ccc1OC. The van der Waals surface area contributed by atoms with Crippen molar-refractivity contribution in [2.45, 2.75) is 24.8 Å². The zero-order valence-corrected chi connectivity index (χ0v) is 13.2. The lowest BCUT2D eigenvalue weighted by Crippen LogP contribution is -2.19. The first-order chi connectivity index (χ1) is 9.65. The molecule has 2 aromatic rings. The Morgan fingerprint density at radius 1 is 1.30 bits per heavy atom. The van der Waals surface area contributed by atoms with E-state index in [4.69, 9.17) is 9.15 Å². The number of ether oxygens (including phenoxy) is 1. The van der Waals surface area contributed by atoms with Crippen molar-refractivity contribution in [3.8, 4) is 5.75 Å². The van der Waals surface area contributed by atoms with Gasteiger partial charge in [0.25, 0.3) is 0 Å². The summed E-state index contributed by atoms with van der Waals surface area (Å²) in [5.41, 5.74) is 2.44. The lowest BCUT2D eigenvalue weighted by Gasteiger charge is -2.19. The highest BCUT2D eigenvalue weighted by Gasteiger charge is 2.16. The van der Waals surface area contributed by atoms with E-state index in [-0.39, 0.29) is 6.04 Å². The molecule has 4 heteroatoms. The molecule has 0 aliphatic heterocycles. The predicted octanol–water partition coefficient (Wildman–Crippen LogP) is 3.96. The molecule has 1 heterocycles. The molecule has 0 spiro atoms. The molecule has 0 fully saturated rings. The van der Waals surface area contributed by atoms with Gasteiger partial charge in [-0.15, -0.1) is 11.8 Å². The quantitative estimate of drug-likeness (QED) is 0.817. The zero-order valence-electron chi connectivity index (χ0n) is 12.4. The Balaban J connectivity index is 2.16. The van der Waals surface area contributed by atoms with Gasteiger partial charge in [0, 0.05) is 22.3 Å². The molecular weight excluding hydrogens is 270 g/mol. The van der Waals surface area contributed by atoms with E-state index < -0.39 is 0 Å². The predicted molar refractivity (Wildman–Crippen MR) is 83.7 cm³/mol. The van der Waals surface area contributed by atoms with Crippen LogP contribution in [-0.2, 0) is 0 Å². The summed E-state index contributed by atoms with van der Waals surface area (Å²) < 4.78 is 10.8. The fraction of sp³-hybridized carbons (Fsp3) is 0.375. The Kier molecular flexibility index (Phi) is 5.15. The molecular formula is C16H21NO2S. The highest BCUT2D eigenvalue weighted by molar-refractivity contribution is 7.99. The van der Waals surface area contributed by atoms with Gasteiger partial charge < -0.3 is 14.5 Å². The fourth-order valence-corrected chi connectivity index (χ4v) is 3.25. The van der Waals surface area contributed by atoms with Crippen LogP contribution >= 0.6 is 11.8 Å². The maximum absolute atomic E-state index is 5.48.